The number of hydrogen-bond acceptors (Lipinski definition) is 2. The Morgan fingerprint density at radius 2 is 1.07 bits per heavy atom. The first-order chi connectivity index (χ1) is 34.7. The molecule has 13 aromatic rings. The maximum Gasteiger partial charge on any atom is 0.417 e. The summed E-state index contributed by atoms with van der Waals surface area (Å²) in [6.45, 7) is 3.99. The van der Waals surface area contributed by atoms with Crippen LogP contribution in [0.1, 0.15) is 16.7 Å². The molecule has 338 valence electrons. The van der Waals surface area contributed by atoms with Crippen LogP contribution in [0.4, 0.5) is 13.2 Å². The van der Waals surface area contributed by atoms with Gasteiger partial charge in [0, 0.05) is 45.4 Å². The van der Waals surface area contributed by atoms with Gasteiger partial charge in [-0.25, -0.2) is 0 Å². The summed E-state index contributed by atoms with van der Waals surface area (Å²) in [6.07, 6.45) is 1.15. The first-order valence-electron chi connectivity index (χ1n) is 23.8. The summed E-state index contributed by atoms with van der Waals surface area (Å²) in [6, 6.07) is 67.2. The summed E-state index contributed by atoms with van der Waals surface area (Å²) in [5.41, 5.74) is 13.3. The van der Waals surface area contributed by atoms with Crippen LogP contribution in [0, 0.1) is 13.8 Å². The molecule has 13 rings (SSSR count). The molecule has 0 saturated carbocycles. The molecule has 0 amide bonds. The molecule has 0 spiro atoms. The summed E-state index contributed by atoms with van der Waals surface area (Å²) in [5, 5.41) is 9.13. The topological polar surface area (TPSA) is 30.7 Å². The summed E-state index contributed by atoms with van der Waals surface area (Å²) < 4.78 is 48.2. The van der Waals surface area contributed by atoms with Gasteiger partial charge in [0.2, 0.25) is 0 Å². The number of hydrogen-bond donors (Lipinski definition) is 0. The van der Waals surface area contributed by atoms with Crippen LogP contribution < -0.4 is 0 Å². The highest BCUT2D eigenvalue weighted by Crippen LogP contribution is 2.50. The molecule has 3 heterocycles. The second-order valence-electron chi connectivity index (χ2n) is 18.6. The predicted molar refractivity (Wildman–Crippen MR) is 288 cm³/mol. The lowest BCUT2D eigenvalue weighted by Gasteiger charge is -2.22. The number of benzene rings is 10. The molecule has 0 N–H and O–H groups in total. The van der Waals surface area contributed by atoms with E-state index >= 15 is 13.2 Å². The molecule has 0 aliphatic heterocycles. The average molecular weight is 922 g/mol. The highest BCUT2D eigenvalue weighted by Gasteiger charge is 2.35. The molecule has 0 radical (unpaired) electrons. The van der Waals surface area contributed by atoms with Crippen molar-refractivity contribution in [2.24, 2.45) is 0 Å². The third kappa shape index (κ3) is 7.05. The van der Waals surface area contributed by atoms with Gasteiger partial charge in [0.15, 0.2) is 0 Å². The Balaban J connectivity index is 0.936. The molecule has 71 heavy (non-hydrogen) atoms. The minimum Gasteiger partial charge on any atom is -0.308 e. The lowest BCUT2D eigenvalue weighted by Crippen LogP contribution is -2.07. The van der Waals surface area contributed by atoms with Gasteiger partial charge in [0.25, 0.3) is 0 Å². The van der Waals surface area contributed by atoms with Crippen LogP contribution in [-0.4, -0.2) is 14.5 Å². The van der Waals surface area contributed by atoms with Crippen LogP contribution in [0.15, 0.2) is 219 Å². The Morgan fingerprint density at radius 3 is 1.80 bits per heavy atom. The van der Waals surface area contributed by atoms with Gasteiger partial charge in [0.05, 0.1) is 28.5 Å². The highest BCUT2D eigenvalue weighted by molar-refractivity contribution is 6.23. The van der Waals surface area contributed by atoms with Crippen molar-refractivity contribution in [1.82, 2.24) is 14.5 Å². The number of nitrogens with zero attached hydrogens (tertiary/aromatic N) is 3. The molecule has 10 aromatic carbocycles. The smallest absolute Gasteiger partial charge is 0.308 e. The molecule has 0 saturated heterocycles. The Hall–Kier alpha value is -8.87. The fourth-order valence-corrected chi connectivity index (χ4v) is 11.0. The Kier molecular flexibility index (Phi) is 9.75. The van der Waals surface area contributed by atoms with Gasteiger partial charge >= 0.3 is 6.18 Å². The normalized spacial score (nSPS) is 12.0. The van der Waals surface area contributed by atoms with Crippen molar-refractivity contribution in [2.75, 3.05) is 0 Å². The summed E-state index contributed by atoms with van der Waals surface area (Å²) in [4.78, 5) is 9.58. The number of aryl methyl sites for hydroxylation is 2. The largest absolute Gasteiger partial charge is 0.417 e. The van der Waals surface area contributed by atoms with Crippen LogP contribution in [0.3, 0.4) is 0 Å². The number of fused-ring (bicyclic) bond motifs is 7. The van der Waals surface area contributed by atoms with Crippen LogP contribution in [0.5, 0.6) is 0 Å². The van der Waals surface area contributed by atoms with E-state index in [4.69, 9.17) is 4.98 Å². The van der Waals surface area contributed by atoms with Gasteiger partial charge in [0.1, 0.15) is 0 Å². The maximum absolute atomic E-state index is 15.3. The van der Waals surface area contributed by atoms with Crippen LogP contribution in [0.25, 0.3) is 126 Å². The number of pyridine rings is 2. The van der Waals surface area contributed by atoms with E-state index in [1.54, 1.807) is 0 Å². The zero-order valence-electron chi connectivity index (χ0n) is 38.8. The van der Waals surface area contributed by atoms with E-state index in [2.05, 4.69) is 137 Å². The molecule has 0 fully saturated rings. The van der Waals surface area contributed by atoms with Crippen molar-refractivity contribution in [3.05, 3.63) is 235 Å². The summed E-state index contributed by atoms with van der Waals surface area (Å²) in [5.74, 6) is 0. The molecule has 0 unspecified atom stereocenters. The third-order valence-corrected chi connectivity index (χ3v) is 14.2. The standard InChI is InChI=1S/C65H42F3N3/c1-39-10-7-14-45(32-39)62-54-25-21-43(35-57(54)63(46-15-8-11-40(2)33-46)64-55(62)18-9-19-58(64)65(66,67)68)49-26-27-50(52-17-6-5-16-51(49)52)47-22-28-59(70-37-47)44-23-29-60-56(36-44)53-30-31-69-38-61(53)71(60)48-24-20-41-12-3-4-13-42(41)34-48/h3-38H,1-2H3. The number of rotatable bonds is 6. The summed E-state index contributed by atoms with van der Waals surface area (Å²) >= 11 is 0. The Labute approximate surface area is 407 Å². The molecular weight excluding hydrogens is 880 g/mol. The zero-order valence-corrected chi connectivity index (χ0v) is 38.8. The fourth-order valence-electron chi connectivity index (χ4n) is 11.0. The maximum atomic E-state index is 15.3. The van der Waals surface area contributed by atoms with Gasteiger partial charge in [-0.1, -0.05) is 163 Å². The van der Waals surface area contributed by atoms with Gasteiger partial charge < -0.3 is 4.57 Å². The van der Waals surface area contributed by atoms with E-state index < -0.39 is 11.7 Å². The van der Waals surface area contributed by atoms with Gasteiger partial charge in [-0.15, -0.1) is 0 Å². The third-order valence-electron chi connectivity index (χ3n) is 14.2. The molecule has 0 aliphatic rings. The quantitative estimate of drug-likeness (QED) is 0.156. The monoisotopic (exact) mass is 921 g/mol. The van der Waals surface area contributed by atoms with Crippen molar-refractivity contribution in [2.45, 2.75) is 20.0 Å². The minimum atomic E-state index is -4.58. The lowest BCUT2D eigenvalue weighted by molar-refractivity contribution is -0.136. The predicted octanol–water partition coefficient (Wildman–Crippen LogP) is 18.2. The summed E-state index contributed by atoms with van der Waals surface area (Å²) in [7, 11) is 0. The van der Waals surface area contributed by atoms with Gasteiger partial charge in [-0.2, -0.15) is 13.2 Å². The molecular formula is C65H42F3N3. The molecule has 3 nitrogen and oxygen atoms in total. The SMILES string of the molecule is Cc1cccc(-c2c3ccc(-c4ccc(-c5ccc(-c6ccc7c(c6)c6ccncc6n7-c6ccc7ccccc7c6)nc5)c5ccccc45)cc3c(-c3cccc(C)c3)c3c(C(F)(F)F)cccc23)c1. The molecule has 0 bridgehead atoms. The number of aromatic nitrogens is 3. The van der Waals surface area contributed by atoms with E-state index in [1.807, 2.05) is 93.1 Å². The Morgan fingerprint density at radius 1 is 0.408 bits per heavy atom. The lowest BCUT2D eigenvalue weighted by atomic mass is 9.82. The fraction of sp³-hybridized carbons (Fsp3) is 0.0462. The second kappa shape index (κ2) is 16.4. The van der Waals surface area contributed by atoms with Crippen LogP contribution in [0.2, 0.25) is 0 Å². The van der Waals surface area contributed by atoms with Crippen molar-refractivity contribution in [3.63, 3.8) is 0 Å². The van der Waals surface area contributed by atoms with Gasteiger partial charge in [-0.05, 0) is 139 Å². The van der Waals surface area contributed by atoms with E-state index in [1.165, 1.54) is 22.9 Å². The van der Waals surface area contributed by atoms with Crippen molar-refractivity contribution < 1.29 is 13.2 Å². The second-order valence-corrected chi connectivity index (χ2v) is 18.6. The number of alkyl halides is 3. The van der Waals surface area contributed by atoms with E-state index in [0.29, 0.717) is 10.9 Å². The van der Waals surface area contributed by atoms with Crippen LogP contribution >= 0.6 is 0 Å². The molecule has 0 atom stereocenters. The van der Waals surface area contributed by atoms with Gasteiger partial charge in [-0.3, -0.25) is 9.97 Å². The van der Waals surface area contributed by atoms with E-state index in [0.717, 1.165) is 110 Å². The molecule has 3 aromatic heterocycles. The van der Waals surface area contributed by atoms with E-state index in [-0.39, 0.29) is 5.39 Å². The van der Waals surface area contributed by atoms with Crippen molar-refractivity contribution in [1.29, 1.82) is 0 Å². The highest BCUT2D eigenvalue weighted by atomic mass is 19.4. The first kappa shape index (κ1) is 42.2. The van der Waals surface area contributed by atoms with Crippen molar-refractivity contribution >= 4 is 64.9 Å². The molecule has 0 aliphatic carbocycles. The Bertz CT molecular complexity index is 4300. The minimum absolute atomic E-state index is 0.202. The van der Waals surface area contributed by atoms with Crippen molar-refractivity contribution in [3.8, 4) is 61.5 Å². The first-order valence-corrected chi connectivity index (χ1v) is 23.8. The molecule has 6 heteroatoms. The zero-order chi connectivity index (χ0) is 48.0. The number of halogens is 3. The van der Waals surface area contributed by atoms with E-state index in [9.17, 15) is 0 Å². The average Bonchev–Trinajstić information content (AvgIpc) is 3.73. The van der Waals surface area contributed by atoms with Crippen LogP contribution in [-0.2, 0) is 6.18 Å².